The van der Waals surface area contributed by atoms with Gasteiger partial charge in [-0.2, -0.15) is 5.10 Å². The zero-order valence-corrected chi connectivity index (χ0v) is 13.8. The summed E-state index contributed by atoms with van der Waals surface area (Å²) >= 11 is 0. The van der Waals surface area contributed by atoms with E-state index in [0.717, 1.165) is 42.2 Å². The third-order valence-corrected chi connectivity index (χ3v) is 4.08. The Labute approximate surface area is 135 Å². The monoisotopic (exact) mass is 318 g/mol. The predicted molar refractivity (Wildman–Crippen MR) is 86.5 cm³/mol. The van der Waals surface area contributed by atoms with Gasteiger partial charge in [0.05, 0.1) is 12.3 Å². The van der Waals surface area contributed by atoms with Gasteiger partial charge in [-0.3, -0.25) is 4.68 Å². The number of fused-ring (bicyclic) bond motifs is 1. The first-order valence-corrected chi connectivity index (χ1v) is 8.00. The molecule has 0 spiro atoms. The van der Waals surface area contributed by atoms with Crippen LogP contribution in [-0.4, -0.2) is 63.5 Å². The van der Waals surface area contributed by atoms with Gasteiger partial charge < -0.3 is 14.5 Å². The molecule has 2 aromatic rings. The second kappa shape index (κ2) is 6.39. The van der Waals surface area contributed by atoms with E-state index in [9.17, 15) is 4.79 Å². The number of carbonyl (C=O) groups is 1. The number of rotatable bonds is 3. The fourth-order valence-electron chi connectivity index (χ4n) is 2.93. The summed E-state index contributed by atoms with van der Waals surface area (Å²) in [7, 11) is 0. The number of hydrogen-bond donors (Lipinski definition) is 0. The van der Waals surface area contributed by atoms with Crippen LogP contribution >= 0.6 is 0 Å². The van der Waals surface area contributed by atoms with Crippen molar-refractivity contribution in [3.8, 4) is 0 Å². The van der Waals surface area contributed by atoms with Gasteiger partial charge in [-0.25, -0.2) is 14.8 Å². The lowest BCUT2D eigenvalue weighted by atomic mass is 10.3. The second-order valence-electron chi connectivity index (χ2n) is 5.47. The molecule has 0 aromatic carbocycles. The minimum Gasteiger partial charge on any atom is -0.450 e. The van der Waals surface area contributed by atoms with Gasteiger partial charge in [-0.15, -0.1) is 0 Å². The molecule has 8 nitrogen and oxygen atoms in total. The highest BCUT2D eigenvalue weighted by Crippen LogP contribution is 2.26. The summed E-state index contributed by atoms with van der Waals surface area (Å²) in [5, 5.41) is 4.53. The average Bonchev–Trinajstić information content (AvgIpc) is 2.92. The topological polar surface area (TPSA) is 76.4 Å². The lowest BCUT2D eigenvalue weighted by Gasteiger charge is -2.34. The van der Waals surface area contributed by atoms with Gasteiger partial charge in [0.2, 0.25) is 0 Å². The van der Waals surface area contributed by atoms with E-state index in [2.05, 4.69) is 26.9 Å². The number of carbonyl (C=O) groups excluding carboxylic acids is 1. The van der Waals surface area contributed by atoms with Crippen molar-refractivity contribution in [1.29, 1.82) is 0 Å². The summed E-state index contributed by atoms with van der Waals surface area (Å²) < 4.78 is 7.00. The van der Waals surface area contributed by atoms with E-state index >= 15 is 0 Å². The first kappa shape index (κ1) is 15.5. The molecule has 2 aromatic heterocycles. The summed E-state index contributed by atoms with van der Waals surface area (Å²) in [4.78, 5) is 24.6. The van der Waals surface area contributed by atoms with Crippen LogP contribution in [0.4, 0.5) is 10.6 Å². The molecule has 0 N–H and O–H groups in total. The van der Waals surface area contributed by atoms with Crippen molar-refractivity contribution in [3.05, 3.63) is 12.0 Å². The Morgan fingerprint density at radius 1 is 1.22 bits per heavy atom. The first-order valence-electron chi connectivity index (χ1n) is 8.00. The van der Waals surface area contributed by atoms with Crippen molar-refractivity contribution < 1.29 is 9.53 Å². The molecule has 0 aliphatic carbocycles. The van der Waals surface area contributed by atoms with Crippen molar-refractivity contribution in [1.82, 2.24) is 24.6 Å². The summed E-state index contributed by atoms with van der Waals surface area (Å²) in [6, 6.07) is 0. The van der Waals surface area contributed by atoms with E-state index in [0.29, 0.717) is 19.7 Å². The molecule has 124 valence electrons. The Morgan fingerprint density at radius 3 is 2.61 bits per heavy atom. The Balaban J connectivity index is 1.84. The van der Waals surface area contributed by atoms with Crippen LogP contribution in [0.2, 0.25) is 0 Å². The molecule has 0 atom stereocenters. The zero-order chi connectivity index (χ0) is 16.4. The number of aryl methyl sites for hydroxylation is 2. The number of ether oxygens (including phenoxy) is 1. The molecule has 1 aliphatic heterocycles. The van der Waals surface area contributed by atoms with Crippen LogP contribution in [0, 0.1) is 6.92 Å². The molecule has 1 fully saturated rings. The van der Waals surface area contributed by atoms with Gasteiger partial charge in [-0.1, -0.05) is 0 Å². The van der Waals surface area contributed by atoms with E-state index < -0.39 is 0 Å². The largest absolute Gasteiger partial charge is 0.450 e. The van der Waals surface area contributed by atoms with Gasteiger partial charge >= 0.3 is 6.09 Å². The first-order chi connectivity index (χ1) is 11.2. The fraction of sp³-hybridized carbons (Fsp3) is 0.600. The number of nitrogens with zero attached hydrogens (tertiary/aromatic N) is 6. The van der Waals surface area contributed by atoms with Gasteiger partial charge in [-0.05, 0) is 20.8 Å². The highest BCUT2D eigenvalue weighted by atomic mass is 16.6. The summed E-state index contributed by atoms with van der Waals surface area (Å²) in [6.07, 6.45) is 1.35. The number of piperazine rings is 1. The smallest absolute Gasteiger partial charge is 0.409 e. The normalized spacial score (nSPS) is 15.3. The molecule has 0 saturated carbocycles. The molecule has 0 radical (unpaired) electrons. The molecule has 1 aliphatic rings. The minimum absolute atomic E-state index is 0.241. The third-order valence-electron chi connectivity index (χ3n) is 4.08. The number of aromatic nitrogens is 4. The van der Waals surface area contributed by atoms with Gasteiger partial charge in [0.1, 0.15) is 17.4 Å². The molecule has 1 saturated heterocycles. The van der Waals surface area contributed by atoms with E-state index in [1.54, 1.807) is 11.2 Å². The maximum atomic E-state index is 11.8. The fourth-order valence-corrected chi connectivity index (χ4v) is 2.93. The van der Waals surface area contributed by atoms with Crippen LogP contribution in [0.3, 0.4) is 0 Å². The highest BCUT2D eigenvalue weighted by molar-refractivity contribution is 5.87. The van der Waals surface area contributed by atoms with Crippen molar-refractivity contribution in [2.24, 2.45) is 0 Å². The van der Waals surface area contributed by atoms with Crippen molar-refractivity contribution in [3.63, 3.8) is 0 Å². The Morgan fingerprint density at radius 2 is 1.96 bits per heavy atom. The van der Waals surface area contributed by atoms with Crippen LogP contribution in [0.5, 0.6) is 0 Å². The van der Waals surface area contributed by atoms with E-state index in [1.807, 2.05) is 18.5 Å². The third kappa shape index (κ3) is 2.80. The standard InChI is InChI=1S/C15H22N6O2/c1-4-21-13-12(11(3)18-21)16-10-17-14(13)19-6-8-20(9-7-19)15(22)23-5-2/h10H,4-9H2,1-3H3. The Kier molecular flexibility index (Phi) is 4.31. The SMILES string of the molecule is CCOC(=O)N1CCN(c2ncnc3c(C)nn(CC)c23)CC1. The van der Waals surface area contributed by atoms with Crippen LogP contribution < -0.4 is 4.90 Å². The maximum absolute atomic E-state index is 11.8. The minimum atomic E-state index is -0.241. The lowest BCUT2D eigenvalue weighted by molar-refractivity contribution is 0.105. The number of hydrogen-bond acceptors (Lipinski definition) is 6. The molecule has 8 heteroatoms. The number of amides is 1. The molecule has 3 rings (SSSR count). The quantitative estimate of drug-likeness (QED) is 0.852. The maximum Gasteiger partial charge on any atom is 0.409 e. The second-order valence-corrected chi connectivity index (χ2v) is 5.47. The van der Waals surface area contributed by atoms with Crippen LogP contribution in [0.25, 0.3) is 11.0 Å². The molecule has 23 heavy (non-hydrogen) atoms. The Hall–Kier alpha value is -2.38. The molecular weight excluding hydrogens is 296 g/mol. The van der Waals surface area contributed by atoms with Crippen LogP contribution in [0.1, 0.15) is 19.5 Å². The van der Waals surface area contributed by atoms with E-state index in [-0.39, 0.29) is 6.09 Å². The van der Waals surface area contributed by atoms with E-state index in [1.165, 1.54) is 0 Å². The zero-order valence-electron chi connectivity index (χ0n) is 13.8. The molecule has 3 heterocycles. The van der Waals surface area contributed by atoms with Gasteiger partial charge in [0.25, 0.3) is 0 Å². The number of anilines is 1. The predicted octanol–water partition coefficient (Wildman–Crippen LogP) is 1.43. The molecule has 1 amide bonds. The van der Waals surface area contributed by atoms with E-state index in [4.69, 9.17) is 4.74 Å². The van der Waals surface area contributed by atoms with Crippen molar-refractivity contribution in [2.75, 3.05) is 37.7 Å². The van der Waals surface area contributed by atoms with Crippen molar-refractivity contribution in [2.45, 2.75) is 27.3 Å². The highest BCUT2D eigenvalue weighted by Gasteiger charge is 2.25. The van der Waals surface area contributed by atoms with Crippen LogP contribution in [-0.2, 0) is 11.3 Å². The van der Waals surface area contributed by atoms with Crippen molar-refractivity contribution >= 4 is 22.9 Å². The van der Waals surface area contributed by atoms with Gasteiger partial charge in [0.15, 0.2) is 5.82 Å². The summed E-state index contributed by atoms with van der Waals surface area (Å²) in [5.74, 6) is 0.890. The van der Waals surface area contributed by atoms with Gasteiger partial charge in [0, 0.05) is 32.7 Å². The Bertz CT molecular complexity index is 705. The van der Waals surface area contributed by atoms with Crippen LogP contribution in [0.15, 0.2) is 6.33 Å². The lowest BCUT2D eigenvalue weighted by Crippen LogP contribution is -2.49. The molecule has 0 unspecified atom stereocenters. The summed E-state index contributed by atoms with van der Waals surface area (Å²) in [6.45, 7) is 9.71. The summed E-state index contributed by atoms with van der Waals surface area (Å²) in [5.41, 5.74) is 2.78. The average molecular weight is 318 g/mol. The molecular formula is C15H22N6O2. The molecule has 0 bridgehead atoms.